The number of rotatable bonds is 6. The summed E-state index contributed by atoms with van der Waals surface area (Å²) in [5.74, 6) is 0.555. The van der Waals surface area contributed by atoms with Gasteiger partial charge in [0.25, 0.3) is 5.91 Å². The lowest BCUT2D eigenvalue weighted by Gasteiger charge is -2.28. The molecule has 3 rings (SSSR count). The minimum Gasteiger partial charge on any atom is -0.493 e. The fraction of sp³-hybridized carbons (Fsp3) is 0.333. The van der Waals surface area contributed by atoms with Crippen LogP contribution in [0.5, 0.6) is 11.5 Å². The van der Waals surface area contributed by atoms with Crippen LogP contribution >= 0.6 is 0 Å². The molecule has 6 heteroatoms. The maximum absolute atomic E-state index is 12.8. The van der Waals surface area contributed by atoms with E-state index in [1.165, 1.54) is 0 Å². The molecule has 1 aliphatic rings. The van der Waals surface area contributed by atoms with E-state index in [1.54, 1.807) is 37.3 Å². The molecule has 2 aromatic carbocycles. The van der Waals surface area contributed by atoms with Crippen molar-refractivity contribution < 1.29 is 19.1 Å². The first-order valence-corrected chi connectivity index (χ1v) is 8.94. The third-order valence-corrected chi connectivity index (χ3v) is 4.41. The number of carbonyl (C=O) groups is 2. The summed E-state index contributed by atoms with van der Waals surface area (Å²) in [6, 6.07) is 12.4. The number of primary amides is 1. The van der Waals surface area contributed by atoms with Crippen LogP contribution in [-0.2, 0) is 11.3 Å². The molecule has 27 heavy (non-hydrogen) atoms. The van der Waals surface area contributed by atoms with Gasteiger partial charge in [0.2, 0.25) is 5.91 Å². The van der Waals surface area contributed by atoms with Crippen LogP contribution in [0.4, 0.5) is 0 Å². The molecule has 2 amide bonds. The highest BCUT2D eigenvalue weighted by Gasteiger charge is 2.34. The maximum Gasteiger partial charge on any atom is 0.255 e. The number of nitrogens with zero attached hydrogens (tertiary/aromatic N) is 1. The SMILES string of the molecule is CC.COc1ccc(C(CC(N)=O)N2Cc3ccccc3C2=O)cc1OC. The Morgan fingerprint density at radius 1 is 1.11 bits per heavy atom. The Hall–Kier alpha value is -3.02. The highest BCUT2D eigenvalue weighted by molar-refractivity contribution is 5.98. The van der Waals surface area contributed by atoms with Gasteiger partial charge in [0.1, 0.15) is 0 Å². The van der Waals surface area contributed by atoms with Gasteiger partial charge in [-0.15, -0.1) is 0 Å². The predicted octanol–water partition coefficient (Wildman–Crippen LogP) is 3.30. The van der Waals surface area contributed by atoms with Crippen LogP contribution in [0.15, 0.2) is 42.5 Å². The number of carbonyl (C=O) groups excluding carboxylic acids is 2. The average molecular weight is 370 g/mol. The Bertz CT molecular complexity index is 820. The van der Waals surface area contributed by atoms with Gasteiger partial charge >= 0.3 is 0 Å². The molecular formula is C21H26N2O4. The monoisotopic (exact) mass is 370 g/mol. The van der Waals surface area contributed by atoms with Crippen molar-refractivity contribution in [1.82, 2.24) is 4.90 Å². The Morgan fingerprint density at radius 2 is 1.78 bits per heavy atom. The number of benzene rings is 2. The molecule has 144 valence electrons. The van der Waals surface area contributed by atoms with Crippen molar-refractivity contribution >= 4 is 11.8 Å². The standard InChI is InChI=1S/C19H20N2O4.C2H6/c1-24-16-8-7-12(9-17(16)25-2)15(10-18(20)22)21-11-13-5-3-4-6-14(13)19(21)23;1-2/h3-9,15H,10-11H2,1-2H3,(H2,20,22);1-2H3. The summed E-state index contributed by atoms with van der Waals surface area (Å²) in [5, 5.41) is 0. The van der Waals surface area contributed by atoms with Crippen molar-refractivity contribution in [3.05, 3.63) is 59.2 Å². The summed E-state index contributed by atoms with van der Waals surface area (Å²) in [4.78, 5) is 26.1. The van der Waals surface area contributed by atoms with Crippen molar-refractivity contribution in [2.45, 2.75) is 32.9 Å². The molecule has 0 radical (unpaired) electrons. The fourth-order valence-corrected chi connectivity index (χ4v) is 3.19. The lowest BCUT2D eigenvalue weighted by atomic mass is 10.0. The van der Waals surface area contributed by atoms with E-state index in [4.69, 9.17) is 15.2 Å². The van der Waals surface area contributed by atoms with E-state index in [-0.39, 0.29) is 12.3 Å². The highest BCUT2D eigenvalue weighted by atomic mass is 16.5. The minimum absolute atomic E-state index is 0.0369. The topological polar surface area (TPSA) is 81.9 Å². The maximum atomic E-state index is 12.8. The van der Waals surface area contributed by atoms with Crippen LogP contribution in [0.3, 0.4) is 0 Å². The molecule has 1 aliphatic heterocycles. The van der Waals surface area contributed by atoms with E-state index < -0.39 is 11.9 Å². The molecule has 0 saturated carbocycles. The molecule has 0 spiro atoms. The van der Waals surface area contributed by atoms with E-state index >= 15 is 0 Å². The Kier molecular flexibility index (Phi) is 6.82. The number of methoxy groups -OCH3 is 2. The van der Waals surface area contributed by atoms with Gasteiger partial charge in [-0.3, -0.25) is 9.59 Å². The van der Waals surface area contributed by atoms with Crippen molar-refractivity contribution in [3.8, 4) is 11.5 Å². The van der Waals surface area contributed by atoms with Gasteiger partial charge in [0.15, 0.2) is 11.5 Å². The summed E-state index contributed by atoms with van der Waals surface area (Å²) >= 11 is 0. The highest BCUT2D eigenvalue weighted by Crippen LogP contribution is 2.37. The molecule has 0 aromatic heterocycles. The zero-order chi connectivity index (χ0) is 20.0. The lowest BCUT2D eigenvalue weighted by Crippen LogP contribution is -2.32. The summed E-state index contributed by atoms with van der Waals surface area (Å²) < 4.78 is 10.6. The van der Waals surface area contributed by atoms with Gasteiger partial charge in [-0.1, -0.05) is 38.1 Å². The number of hydrogen-bond donors (Lipinski definition) is 1. The minimum atomic E-state index is -0.469. The first-order valence-electron chi connectivity index (χ1n) is 8.94. The van der Waals surface area contributed by atoms with Crippen LogP contribution in [0, 0.1) is 0 Å². The quantitative estimate of drug-likeness (QED) is 0.846. The van der Waals surface area contributed by atoms with Crippen LogP contribution in [-0.4, -0.2) is 30.9 Å². The zero-order valence-corrected chi connectivity index (χ0v) is 16.2. The third kappa shape index (κ3) is 4.22. The van der Waals surface area contributed by atoms with Gasteiger partial charge in [0, 0.05) is 12.1 Å². The van der Waals surface area contributed by atoms with Crippen molar-refractivity contribution in [2.75, 3.05) is 14.2 Å². The molecule has 2 N–H and O–H groups in total. The molecule has 0 bridgehead atoms. The van der Waals surface area contributed by atoms with Crippen LogP contribution < -0.4 is 15.2 Å². The lowest BCUT2D eigenvalue weighted by molar-refractivity contribution is -0.119. The summed E-state index contributed by atoms with van der Waals surface area (Å²) in [5.41, 5.74) is 7.83. The number of fused-ring (bicyclic) bond motifs is 1. The van der Waals surface area contributed by atoms with Crippen LogP contribution in [0.2, 0.25) is 0 Å². The van der Waals surface area contributed by atoms with Gasteiger partial charge in [0.05, 0.1) is 26.7 Å². The first kappa shape index (κ1) is 20.3. The molecule has 1 unspecified atom stereocenters. The van der Waals surface area contributed by atoms with E-state index in [2.05, 4.69) is 0 Å². The van der Waals surface area contributed by atoms with E-state index in [0.29, 0.717) is 23.6 Å². The van der Waals surface area contributed by atoms with E-state index in [1.807, 2.05) is 38.1 Å². The van der Waals surface area contributed by atoms with Gasteiger partial charge in [-0.05, 0) is 29.3 Å². The Balaban J connectivity index is 0.00000126. The van der Waals surface area contributed by atoms with E-state index in [0.717, 1.165) is 11.1 Å². The van der Waals surface area contributed by atoms with Gasteiger partial charge in [-0.25, -0.2) is 0 Å². The molecular weight excluding hydrogens is 344 g/mol. The smallest absolute Gasteiger partial charge is 0.255 e. The molecule has 1 heterocycles. The van der Waals surface area contributed by atoms with Crippen molar-refractivity contribution in [1.29, 1.82) is 0 Å². The van der Waals surface area contributed by atoms with Gasteiger partial charge in [-0.2, -0.15) is 0 Å². The Labute approximate surface area is 159 Å². The number of hydrogen-bond acceptors (Lipinski definition) is 4. The summed E-state index contributed by atoms with van der Waals surface area (Å²) in [7, 11) is 3.10. The molecule has 0 aliphatic carbocycles. The number of amides is 2. The summed E-state index contributed by atoms with van der Waals surface area (Å²) in [6.07, 6.45) is 0.0369. The largest absolute Gasteiger partial charge is 0.493 e. The average Bonchev–Trinajstić information content (AvgIpc) is 3.03. The van der Waals surface area contributed by atoms with Crippen molar-refractivity contribution in [3.63, 3.8) is 0 Å². The predicted molar refractivity (Wildman–Crippen MR) is 104 cm³/mol. The molecule has 0 saturated heterocycles. The van der Waals surface area contributed by atoms with Gasteiger partial charge < -0.3 is 20.1 Å². The van der Waals surface area contributed by atoms with Crippen LogP contribution in [0.1, 0.15) is 47.8 Å². The summed E-state index contributed by atoms with van der Waals surface area (Å²) in [6.45, 7) is 4.45. The second kappa shape index (κ2) is 9.07. The second-order valence-electron chi connectivity index (χ2n) is 5.89. The molecule has 0 fully saturated rings. The van der Waals surface area contributed by atoms with Crippen molar-refractivity contribution in [2.24, 2.45) is 5.73 Å². The molecule has 2 aromatic rings. The third-order valence-electron chi connectivity index (χ3n) is 4.41. The van der Waals surface area contributed by atoms with Crippen LogP contribution in [0.25, 0.3) is 0 Å². The number of nitrogens with two attached hydrogens (primary N) is 1. The number of ether oxygens (including phenoxy) is 2. The molecule has 1 atom stereocenters. The van der Waals surface area contributed by atoms with E-state index in [9.17, 15) is 9.59 Å². The normalized spacial score (nSPS) is 13.3. The molecule has 6 nitrogen and oxygen atoms in total. The Morgan fingerprint density at radius 3 is 2.37 bits per heavy atom. The fourth-order valence-electron chi connectivity index (χ4n) is 3.19. The second-order valence-corrected chi connectivity index (χ2v) is 5.89. The first-order chi connectivity index (χ1) is 13.0. The zero-order valence-electron chi connectivity index (χ0n) is 16.2.